The van der Waals surface area contributed by atoms with E-state index in [9.17, 15) is 0 Å². The van der Waals surface area contributed by atoms with E-state index >= 15 is 0 Å². The maximum absolute atomic E-state index is 8.75. The molecule has 0 amide bonds. The summed E-state index contributed by atoms with van der Waals surface area (Å²) in [6.07, 6.45) is 3.65. The van der Waals surface area contributed by atoms with E-state index < -0.39 is 0 Å². The SMILES string of the molecule is N#Cc1csc(-c2ccc3c(c2)CCC3)n1. The van der Waals surface area contributed by atoms with Crippen molar-refractivity contribution in [1.82, 2.24) is 4.98 Å². The topological polar surface area (TPSA) is 36.7 Å². The van der Waals surface area contributed by atoms with Crippen LogP contribution in [-0.4, -0.2) is 4.98 Å². The van der Waals surface area contributed by atoms with Crippen molar-refractivity contribution < 1.29 is 0 Å². The van der Waals surface area contributed by atoms with Gasteiger partial charge in [-0.15, -0.1) is 11.3 Å². The molecule has 0 saturated carbocycles. The van der Waals surface area contributed by atoms with Crippen molar-refractivity contribution in [2.45, 2.75) is 19.3 Å². The van der Waals surface area contributed by atoms with Gasteiger partial charge in [0.2, 0.25) is 0 Å². The highest BCUT2D eigenvalue weighted by Gasteiger charge is 2.12. The highest BCUT2D eigenvalue weighted by Crippen LogP contribution is 2.29. The summed E-state index contributed by atoms with van der Waals surface area (Å²) >= 11 is 1.54. The molecule has 0 spiro atoms. The molecule has 0 fully saturated rings. The summed E-state index contributed by atoms with van der Waals surface area (Å²) in [6.45, 7) is 0. The maximum atomic E-state index is 8.75. The molecule has 2 nitrogen and oxygen atoms in total. The van der Waals surface area contributed by atoms with Gasteiger partial charge in [-0.3, -0.25) is 0 Å². The van der Waals surface area contributed by atoms with Gasteiger partial charge in [0.15, 0.2) is 5.69 Å². The second-order valence-electron chi connectivity index (χ2n) is 3.99. The first-order valence-corrected chi connectivity index (χ1v) is 6.22. The van der Waals surface area contributed by atoms with Gasteiger partial charge >= 0.3 is 0 Å². The molecule has 0 unspecified atom stereocenters. The Balaban J connectivity index is 2.04. The molecule has 1 aromatic heterocycles. The zero-order chi connectivity index (χ0) is 11.0. The molecule has 0 bridgehead atoms. The van der Waals surface area contributed by atoms with Crippen molar-refractivity contribution in [2.75, 3.05) is 0 Å². The van der Waals surface area contributed by atoms with Crippen molar-refractivity contribution >= 4 is 11.3 Å². The normalized spacial score (nSPS) is 13.4. The minimum Gasteiger partial charge on any atom is -0.225 e. The molecular weight excluding hydrogens is 216 g/mol. The van der Waals surface area contributed by atoms with E-state index in [0.29, 0.717) is 5.69 Å². The molecule has 0 aliphatic heterocycles. The van der Waals surface area contributed by atoms with Gasteiger partial charge < -0.3 is 0 Å². The van der Waals surface area contributed by atoms with E-state index in [-0.39, 0.29) is 0 Å². The van der Waals surface area contributed by atoms with Crippen molar-refractivity contribution in [1.29, 1.82) is 5.26 Å². The third kappa shape index (κ3) is 1.52. The lowest BCUT2D eigenvalue weighted by Crippen LogP contribution is -1.84. The molecule has 78 valence electrons. The third-order valence-electron chi connectivity index (χ3n) is 2.96. The van der Waals surface area contributed by atoms with Crippen LogP contribution >= 0.6 is 11.3 Å². The Hall–Kier alpha value is -1.66. The molecule has 1 heterocycles. The predicted molar refractivity (Wildman–Crippen MR) is 64.3 cm³/mol. The van der Waals surface area contributed by atoms with Crippen LogP contribution in [0.25, 0.3) is 10.6 Å². The summed E-state index contributed by atoms with van der Waals surface area (Å²) in [5.74, 6) is 0. The maximum Gasteiger partial charge on any atom is 0.152 e. The first-order chi connectivity index (χ1) is 7.86. The van der Waals surface area contributed by atoms with Crippen LogP contribution in [0.15, 0.2) is 23.6 Å². The van der Waals surface area contributed by atoms with E-state index in [1.807, 2.05) is 5.38 Å². The first kappa shape index (κ1) is 9.56. The fourth-order valence-electron chi connectivity index (χ4n) is 2.16. The monoisotopic (exact) mass is 226 g/mol. The second-order valence-corrected chi connectivity index (χ2v) is 4.84. The van der Waals surface area contributed by atoms with E-state index in [1.165, 1.54) is 41.7 Å². The molecule has 3 rings (SSSR count). The smallest absolute Gasteiger partial charge is 0.152 e. The first-order valence-electron chi connectivity index (χ1n) is 5.34. The molecule has 2 aromatic rings. The highest BCUT2D eigenvalue weighted by atomic mass is 32.1. The summed E-state index contributed by atoms with van der Waals surface area (Å²) in [5.41, 5.74) is 4.58. The standard InChI is InChI=1S/C13H10N2S/c14-7-12-8-16-13(15-12)11-5-4-9-2-1-3-10(9)6-11/h4-6,8H,1-3H2. The van der Waals surface area contributed by atoms with E-state index in [0.717, 1.165) is 10.6 Å². The average molecular weight is 226 g/mol. The van der Waals surface area contributed by atoms with Crippen LogP contribution in [0.5, 0.6) is 0 Å². The lowest BCUT2D eigenvalue weighted by atomic mass is 10.1. The molecule has 1 aliphatic carbocycles. The lowest BCUT2D eigenvalue weighted by Gasteiger charge is -2.01. The molecule has 0 atom stereocenters. The van der Waals surface area contributed by atoms with Gasteiger partial charge in [-0.1, -0.05) is 12.1 Å². The number of thiazole rings is 1. The van der Waals surface area contributed by atoms with Crippen LogP contribution in [0.1, 0.15) is 23.2 Å². The van der Waals surface area contributed by atoms with Crippen molar-refractivity contribution in [3.05, 3.63) is 40.4 Å². The summed E-state index contributed by atoms with van der Waals surface area (Å²) in [6, 6.07) is 8.61. The minimum absolute atomic E-state index is 0.514. The largest absolute Gasteiger partial charge is 0.225 e. The molecule has 0 N–H and O–H groups in total. The van der Waals surface area contributed by atoms with Crippen LogP contribution < -0.4 is 0 Å². The Labute approximate surface area is 98.2 Å². The van der Waals surface area contributed by atoms with E-state index in [2.05, 4.69) is 29.3 Å². The van der Waals surface area contributed by atoms with Crippen LogP contribution in [0.4, 0.5) is 0 Å². The van der Waals surface area contributed by atoms with Gasteiger partial charge in [-0.05, 0) is 36.5 Å². The van der Waals surface area contributed by atoms with Crippen molar-refractivity contribution in [3.8, 4) is 16.6 Å². The predicted octanol–water partition coefficient (Wildman–Crippen LogP) is 3.17. The van der Waals surface area contributed by atoms with E-state index in [1.54, 1.807) is 0 Å². The van der Waals surface area contributed by atoms with Crippen molar-refractivity contribution in [2.24, 2.45) is 0 Å². The number of benzene rings is 1. The Morgan fingerprint density at radius 2 is 2.12 bits per heavy atom. The van der Waals surface area contributed by atoms with Crippen LogP contribution in [0, 0.1) is 11.3 Å². The van der Waals surface area contributed by atoms with Gasteiger partial charge in [0.25, 0.3) is 0 Å². The van der Waals surface area contributed by atoms with Crippen LogP contribution in [0.2, 0.25) is 0 Å². The molecule has 1 aromatic carbocycles. The van der Waals surface area contributed by atoms with Gasteiger partial charge in [-0.2, -0.15) is 5.26 Å². The number of aromatic nitrogens is 1. The minimum atomic E-state index is 0.514. The fourth-order valence-corrected chi connectivity index (χ4v) is 2.91. The molecule has 0 radical (unpaired) electrons. The van der Waals surface area contributed by atoms with Crippen LogP contribution in [-0.2, 0) is 12.8 Å². The van der Waals surface area contributed by atoms with Gasteiger partial charge in [0.05, 0.1) is 0 Å². The molecule has 1 aliphatic rings. The number of fused-ring (bicyclic) bond motifs is 1. The van der Waals surface area contributed by atoms with Gasteiger partial charge in [-0.25, -0.2) is 4.98 Å². The van der Waals surface area contributed by atoms with Gasteiger partial charge in [0, 0.05) is 10.9 Å². The number of hydrogen-bond acceptors (Lipinski definition) is 3. The number of nitrogens with zero attached hydrogens (tertiary/aromatic N) is 2. The number of aryl methyl sites for hydroxylation is 2. The number of hydrogen-bond donors (Lipinski definition) is 0. The lowest BCUT2D eigenvalue weighted by molar-refractivity contribution is 0.912. The number of rotatable bonds is 1. The van der Waals surface area contributed by atoms with Gasteiger partial charge in [0.1, 0.15) is 11.1 Å². The summed E-state index contributed by atoms with van der Waals surface area (Å²) in [7, 11) is 0. The quantitative estimate of drug-likeness (QED) is 0.748. The Morgan fingerprint density at radius 1 is 1.25 bits per heavy atom. The molecule has 3 heteroatoms. The Morgan fingerprint density at radius 3 is 2.94 bits per heavy atom. The molecule has 0 saturated heterocycles. The zero-order valence-electron chi connectivity index (χ0n) is 8.73. The Bertz CT molecular complexity index is 578. The zero-order valence-corrected chi connectivity index (χ0v) is 9.55. The van der Waals surface area contributed by atoms with Crippen LogP contribution in [0.3, 0.4) is 0 Å². The highest BCUT2D eigenvalue weighted by molar-refractivity contribution is 7.13. The Kier molecular flexibility index (Phi) is 2.23. The average Bonchev–Trinajstić information content (AvgIpc) is 2.96. The summed E-state index contributed by atoms with van der Waals surface area (Å²) < 4.78 is 0. The second kappa shape index (κ2) is 3.73. The third-order valence-corrected chi connectivity index (χ3v) is 3.86. The van der Waals surface area contributed by atoms with E-state index in [4.69, 9.17) is 5.26 Å². The molecular formula is C13H10N2S. The summed E-state index contributed by atoms with van der Waals surface area (Å²) in [4.78, 5) is 4.28. The number of nitriles is 1. The molecule has 16 heavy (non-hydrogen) atoms. The summed E-state index contributed by atoms with van der Waals surface area (Å²) in [5, 5.41) is 11.5. The van der Waals surface area contributed by atoms with Crippen molar-refractivity contribution in [3.63, 3.8) is 0 Å². The fraction of sp³-hybridized carbons (Fsp3) is 0.231.